The van der Waals surface area contributed by atoms with Gasteiger partial charge in [-0.1, -0.05) is 6.07 Å². The molecule has 0 bridgehead atoms. The molecule has 4 nitrogen and oxygen atoms in total. The van der Waals surface area contributed by atoms with Gasteiger partial charge < -0.3 is 14.8 Å². The first-order valence-corrected chi connectivity index (χ1v) is 6.62. The Bertz CT molecular complexity index is 465. The van der Waals surface area contributed by atoms with Crippen LogP contribution in [-0.4, -0.2) is 38.7 Å². The summed E-state index contributed by atoms with van der Waals surface area (Å²) in [6.07, 6.45) is 0.361. The number of morpholine rings is 1. The van der Waals surface area contributed by atoms with Crippen molar-refractivity contribution in [1.82, 2.24) is 5.32 Å². The van der Waals surface area contributed by atoms with E-state index in [1.165, 1.54) is 0 Å². The molecule has 0 aliphatic carbocycles. The van der Waals surface area contributed by atoms with Crippen LogP contribution < -0.4 is 10.1 Å². The van der Waals surface area contributed by atoms with Crippen LogP contribution in [0.15, 0.2) is 12.1 Å². The van der Waals surface area contributed by atoms with Gasteiger partial charge in [-0.3, -0.25) is 4.79 Å². The molecule has 1 aromatic rings. The first-order valence-electron chi connectivity index (χ1n) is 6.62. The van der Waals surface area contributed by atoms with E-state index >= 15 is 0 Å². The molecule has 0 saturated carbocycles. The standard InChI is InChI=1S/C15H21NO3/c1-10-6-11(2)15(14(7-10)18-3)13(17)8-12-9-16-4-5-19-12/h6-7,12,16H,4-5,8-9H2,1-3H3. The largest absolute Gasteiger partial charge is 0.496 e. The fourth-order valence-electron chi connectivity index (χ4n) is 2.51. The maximum atomic E-state index is 12.4. The summed E-state index contributed by atoms with van der Waals surface area (Å²) in [4.78, 5) is 12.4. The summed E-state index contributed by atoms with van der Waals surface area (Å²) in [7, 11) is 1.60. The molecule has 1 unspecified atom stereocenters. The number of hydrogen-bond donors (Lipinski definition) is 1. The maximum absolute atomic E-state index is 12.4. The number of carbonyl (C=O) groups is 1. The van der Waals surface area contributed by atoms with Gasteiger partial charge in [0.25, 0.3) is 0 Å². The van der Waals surface area contributed by atoms with E-state index in [0.29, 0.717) is 24.3 Å². The Balaban J connectivity index is 2.18. The molecule has 1 N–H and O–H groups in total. The van der Waals surface area contributed by atoms with E-state index in [0.717, 1.165) is 24.2 Å². The third-order valence-electron chi connectivity index (χ3n) is 3.36. The molecule has 1 saturated heterocycles. The van der Waals surface area contributed by atoms with E-state index in [9.17, 15) is 4.79 Å². The van der Waals surface area contributed by atoms with Gasteiger partial charge in [0.2, 0.25) is 0 Å². The highest BCUT2D eigenvalue weighted by atomic mass is 16.5. The van der Waals surface area contributed by atoms with Crippen molar-refractivity contribution in [2.75, 3.05) is 26.8 Å². The third kappa shape index (κ3) is 3.33. The first kappa shape index (κ1) is 14.0. The van der Waals surface area contributed by atoms with Crippen molar-refractivity contribution in [1.29, 1.82) is 0 Å². The average Bonchev–Trinajstić information content (AvgIpc) is 2.38. The van der Waals surface area contributed by atoms with Crippen molar-refractivity contribution in [3.63, 3.8) is 0 Å². The highest BCUT2D eigenvalue weighted by molar-refractivity contribution is 6.00. The van der Waals surface area contributed by atoms with Gasteiger partial charge in [-0.15, -0.1) is 0 Å². The summed E-state index contributed by atoms with van der Waals surface area (Å²) >= 11 is 0. The van der Waals surface area contributed by atoms with Gasteiger partial charge >= 0.3 is 0 Å². The summed E-state index contributed by atoms with van der Waals surface area (Å²) in [6, 6.07) is 3.91. The molecule has 1 aliphatic rings. The SMILES string of the molecule is COc1cc(C)cc(C)c1C(=O)CC1CNCCO1. The van der Waals surface area contributed by atoms with Gasteiger partial charge in [-0.2, -0.15) is 0 Å². The normalized spacial score (nSPS) is 19.2. The van der Waals surface area contributed by atoms with Crippen molar-refractivity contribution in [2.24, 2.45) is 0 Å². The summed E-state index contributed by atoms with van der Waals surface area (Å²) in [5.41, 5.74) is 2.74. The topological polar surface area (TPSA) is 47.6 Å². The van der Waals surface area contributed by atoms with Gasteiger partial charge in [0, 0.05) is 19.5 Å². The van der Waals surface area contributed by atoms with Crippen molar-refractivity contribution in [2.45, 2.75) is 26.4 Å². The van der Waals surface area contributed by atoms with E-state index in [2.05, 4.69) is 5.32 Å². The predicted octanol–water partition coefficient (Wildman–Crippen LogP) is 1.87. The number of ether oxygens (including phenoxy) is 2. The highest BCUT2D eigenvalue weighted by Crippen LogP contribution is 2.26. The lowest BCUT2D eigenvalue weighted by Gasteiger charge is -2.23. The molecule has 2 rings (SSSR count). The second-order valence-corrected chi connectivity index (χ2v) is 4.98. The van der Waals surface area contributed by atoms with Gasteiger partial charge in [0.1, 0.15) is 5.75 Å². The molecule has 1 fully saturated rings. The third-order valence-corrected chi connectivity index (χ3v) is 3.36. The van der Waals surface area contributed by atoms with Crippen LogP contribution in [-0.2, 0) is 4.74 Å². The van der Waals surface area contributed by atoms with Crippen molar-refractivity contribution in [3.05, 3.63) is 28.8 Å². The van der Waals surface area contributed by atoms with Crippen molar-refractivity contribution >= 4 is 5.78 Å². The molecular formula is C15H21NO3. The second kappa shape index (κ2) is 6.17. The number of aryl methyl sites for hydroxylation is 2. The minimum absolute atomic E-state index is 0.0355. The van der Waals surface area contributed by atoms with E-state index in [-0.39, 0.29) is 11.9 Å². The fourth-order valence-corrected chi connectivity index (χ4v) is 2.51. The van der Waals surface area contributed by atoms with E-state index in [1.807, 2.05) is 26.0 Å². The zero-order chi connectivity index (χ0) is 13.8. The molecule has 0 aromatic heterocycles. The number of Topliss-reactive ketones (excluding diaryl/α,β-unsaturated/α-hetero) is 1. The maximum Gasteiger partial charge on any atom is 0.169 e. The molecule has 19 heavy (non-hydrogen) atoms. The van der Waals surface area contributed by atoms with Gasteiger partial charge in [-0.05, 0) is 31.0 Å². The number of nitrogens with one attached hydrogen (secondary N) is 1. The van der Waals surface area contributed by atoms with Crippen LogP contribution in [0.2, 0.25) is 0 Å². The Hall–Kier alpha value is -1.39. The Morgan fingerprint density at radius 2 is 2.26 bits per heavy atom. The minimum Gasteiger partial charge on any atom is -0.496 e. The van der Waals surface area contributed by atoms with Gasteiger partial charge in [0.15, 0.2) is 5.78 Å². The van der Waals surface area contributed by atoms with Gasteiger partial charge in [-0.25, -0.2) is 0 Å². The predicted molar refractivity (Wildman–Crippen MR) is 74.0 cm³/mol. The van der Waals surface area contributed by atoms with Crippen LogP contribution >= 0.6 is 0 Å². The average molecular weight is 263 g/mol. The molecule has 4 heteroatoms. The van der Waals surface area contributed by atoms with Crippen LogP contribution in [0.4, 0.5) is 0 Å². The van der Waals surface area contributed by atoms with E-state index < -0.39 is 0 Å². The molecule has 104 valence electrons. The molecule has 0 radical (unpaired) electrons. The molecular weight excluding hydrogens is 242 g/mol. The van der Waals surface area contributed by atoms with Gasteiger partial charge in [0.05, 0.1) is 25.4 Å². The quantitative estimate of drug-likeness (QED) is 0.843. The Morgan fingerprint density at radius 1 is 1.47 bits per heavy atom. The second-order valence-electron chi connectivity index (χ2n) is 4.98. The van der Waals surface area contributed by atoms with Crippen LogP contribution in [0, 0.1) is 13.8 Å². The van der Waals surface area contributed by atoms with Crippen LogP contribution in [0.5, 0.6) is 5.75 Å². The van der Waals surface area contributed by atoms with E-state index in [1.54, 1.807) is 7.11 Å². The van der Waals surface area contributed by atoms with Crippen LogP contribution in [0.25, 0.3) is 0 Å². The number of hydrogen-bond acceptors (Lipinski definition) is 4. The zero-order valence-corrected chi connectivity index (χ0v) is 11.8. The summed E-state index contributed by atoms with van der Waals surface area (Å²) in [6.45, 7) is 6.21. The molecule has 1 atom stereocenters. The van der Waals surface area contributed by atoms with Crippen molar-refractivity contribution in [3.8, 4) is 5.75 Å². The molecule has 1 heterocycles. The summed E-state index contributed by atoms with van der Waals surface area (Å²) < 4.78 is 10.9. The number of carbonyl (C=O) groups excluding carboxylic acids is 1. The molecule has 1 aliphatic heterocycles. The monoisotopic (exact) mass is 263 g/mol. The zero-order valence-electron chi connectivity index (χ0n) is 11.8. The number of benzene rings is 1. The molecule has 0 spiro atoms. The number of ketones is 1. The lowest BCUT2D eigenvalue weighted by Crippen LogP contribution is -2.39. The lowest BCUT2D eigenvalue weighted by molar-refractivity contribution is 0.0239. The van der Waals surface area contributed by atoms with Crippen LogP contribution in [0.3, 0.4) is 0 Å². The van der Waals surface area contributed by atoms with Crippen molar-refractivity contribution < 1.29 is 14.3 Å². The Kier molecular flexibility index (Phi) is 4.56. The van der Waals surface area contributed by atoms with E-state index in [4.69, 9.17) is 9.47 Å². The first-order chi connectivity index (χ1) is 9.11. The highest BCUT2D eigenvalue weighted by Gasteiger charge is 2.22. The Labute approximate surface area is 114 Å². The number of methoxy groups -OCH3 is 1. The lowest BCUT2D eigenvalue weighted by atomic mass is 9.97. The molecule has 0 amide bonds. The Morgan fingerprint density at radius 3 is 2.89 bits per heavy atom. The number of rotatable bonds is 4. The van der Waals surface area contributed by atoms with Crippen LogP contribution in [0.1, 0.15) is 27.9 Å². The molecule has 1 aromatic carbocycles. The smallest absolute Gasteiger partial charge is 0.169 e. The summed E-state index contributed by atoms with van der Waals surface area (Å²) in [5, 5.41) is 3.24. The minimum atomic E-state index is -0.0355. The summed E-state index contributed by atoms with van der Waals surface area (Å²) in [5.74, 6) is 0.745. The fraction of sp³-hybridized carbons (Fsp3) is 0.533.